The number of benzene rings is 3. The molecule has 0 unspecified atom stereocenters. The highest BCUT2D eigenvalue weighted by Gasteiger charge is 2.21. The van der Waals surface area contributed by atoms with Crippen LogP contribution >= 0.6 is 0 Å². The van der Waals surface area contributed by atoms with Crippen LogP contribution in [0.1, 0.15) is 11.1 Å². The summed E-state index contributed by atoms with van der Waals surface area (Å²) >= 11 is 0. The molecule has 0 amide bonds. The zero-order valence-electron chi connectivity index (χ0n) is 17.4. The Morgan fingerprint density at radius 2 is 1.36 bits per heavy atom. The third kappa shape index (κ3) is 3.52. The van der Waals surface area contributed by atoms with Crippen LogP contribution in [0.25, 0.3) is 33.3 Å². The first-order valence-electron chi connectivity index (χ1n) is 9.91. The Morgan fingerprint density at radius 3 is 2.00 bits per heavy atom. The van der Waals surface area contributed by atoms with Gasteiger partial charge in [-0.2, -0.15) is 0 Å². The third-order valence-electron chi connectivity index (χ3n) is 5.25. The second-order valence-corrected chi connectivity index (χ2v) is 13.8. The molecule has 0 aliphatic carbocycles. The maximum atomic E-state index is 5.20. The molecule has 2 heteroatoms. The van der Waals surface area contributed by atoms with E-state index in [0.717, 1.165) is 11.2 Å². The molecule has 0 atom stereocenters. The quantitative estimate of drug-likeness (QED) is 0.358. The zero-order chi connectivity index (χ0) is 19.9. The highest BCUT2D eigenvalue weighted by molar-refractivity contribution is 6.90. The van der Waals surface area contributed by atoms with Crippen molar-refractivity contribution in [3.63, 3.8) is 0 Å². The van der Waals surface area contributed by atoms with E-state index in [-0.39, 0.29) is 0 Å². The molecule has 0 radical (unpaired) electrons. The molecule has 140 valence electrons. The molecule has 4 rings (SSSR count). The van der Waals surface area contributed by atoms with Gasteiger partial charge in [0.2, 0.25) is 0 Å². The van der Waals surface area contributed by atoms with Crippen LogP contribution in [-0.4, -0.2) is 13.1 Å². The molecule has 4 aromatic rings. The first kappa shape index (κ1) is 18.6. The minimum absolute atomic E-state index is 1.07. The first-order chi connectivity index (χ1) is 13.3. The summed E-state index contributed by atoms with van der Waals surface area (Å²) in [6, 6.07) is 26.3. The van der Waals surface area contributed by atoms with Crippen molar-refractivity contribution >= 4 is 24.2 Å². The van der Waals surface area contributed by atoms with Crippen LogP contribution in [-0.2, 0) is 0 Å². The molecular formula is C26H27NSi. The standard InChI is InChI=1S/C26H27NSi/c1-18-14-19(2)16-21(15-18)26-22(20-10-7-6-8-11-20)17-23-24(27-26)12-9-13-25(23)28(3,4)5/h6-17H,1-5H3. The van der Waals surface area contributed by atoms with Crippen molar-refractivity contribution in [2.45, 2.75) is 33.5 Å². The van der Waals surface area contributed by atoms with Crippen molar-refractivity contribution in [1.82, 2.24) is 4.98 Å². The minimum atomic E-state index is -1.48. The highest BCUT2D eigenvalue weighted by Crippen LogP contribution is 2.34. The Balaban J connectivity index is 2.09. The fourth-order valence-corrected chi connectivity index (χ4v) is 5.62. The Kier molecular flexibility index (Phi) is 4.68. The van der Waals surface area contributed by atoms with Crippen LogP contribution in [0.3, 0.4) is 0 Å². The van der Waals surface area contributed by atoms with Gasteiger partial charge in [0.15, 0.2) is 0 Å². The molecule has 1 heterocycles. The van der Waals surface area contributed by atoms with Crippen LogP contribution in [0, 0.1) is 13.8 Å². The van der Waals surface area contributed by atoms with Crippen LogP contribution in [0.15, 0.2) is 72.8 Å². The van der Waals surface area contributed by atoms with E-state index in [1.54, 1.807) is 0 Å². The van der Waals surface area contributed by atoms with Gasteiger partial charge in [-0.05, 0) is 43.7 Å². The molecule has 0 aliphatic heterocycles. The summed E-state index contributed by atoms with van der Waals surface area (Å²) in [4.78, 5) is 5.20. The van der Waals surface area contributed by atoms with Crippen molar-refractivity contribution < 1.29 is 0 Å². The maximum absolute atomic E-state index is 5.20. The average Bonchev–Trinajstić information content (AvgIpc) is 2.65. The Bertz CT molecular complexity index is 1130. The molecule has 0 N–H and O–H groups in total. The predicted octanol–water partition coefficient (Wildman–Crippen LogP) is 6.73. The van der Waals surface area contributed by atoms with E-state index in [1.165, 1.54) is 38.4 Å². The number of aryl methyl sites for hydroxylation is 2. The molecule has 1 nitrogen and oxygen atoms in total. The summed E-state index contributed by atoms with van der Waals surface area (Å²) in [7, 11) is -1.48. The zero-order valence-corrected chi connectivity index (χ0v) is 18.4. The number of aromatic nitrogens is 1. The molecule has 0 spiro atoms. The van der Waals surface area contributed by atoms with Gasteiger partial charge in [0, 0.05) is 16.5 Å². The summed E-state index contributed by atoms with van der Waals surface area (Å²) in [5, 5.41) is 2.77. The molecule has 0 fully saturated rings. The van der Waals surface area contributed by atoms with Crippen molar-refractivity contribution in [3.05, 3.63) is 83.9 Å². The van der Waals surface area contributed by atoms with Gasteiger partial charge in [0.1, 0.15) is 0 Å². The fraction of sp³-hybridized carbons (Fsp3) is 0.192. The monoisotopic (exact) mass is 381 g/mol. The topological polar surface area (TPSA) is 12.9 Å². The largest absolute Gasteiger partial charge is 0.247 e. The van der Waals surface area contributed by atoms with Gasteiger partial charge < -0.3 is 0 Å². The number of pyridine rings is 1. The summed E-state index contributed by atoms with van der Waals surface area (Å²) in [6.45, 7) is 11.5. The lowest BCUT2D eigenvalue weighted by Gasteiger charge is -2.21. The van der Waals surface area contributed by atoms with Crippen molar-refractivity contribution in [2.75, 3.05) is 0 Å². The molecular weight excluding hydrogens is 354 g/mol. The number of hydrogen-bond acceptors (Lipinski definition) is 1. The second kappa shape index (κ2) is 7.03. The number of fused-ring (bicyclic) bond motifs is 1. The van der Waals surface area contributed by atoms with Gasteiger partial charge in [-0.25, -0.2) is 4.98 Å². The van der Waals surface area contributed by atoms with Crippen LogP contribution in [0.4, 0.5) is 0 Å². The third-order valence-corrected chi connectivity index (χ3v) is 7.30. The van der Waals surface area contributed by atoms with Gasteiger partial charge in [-0.15, -0.1) is 0 Å². The van der Waals surface area contributed by atoms with Crippen LogP contribution < -0.4 is 5.19 Å². The molecule has 1 aromatic heterocycles. The summed E-state index contributed by atoms with van der Waals surface area (Å²) in [5.41, 5.74) is 8.32. The van der Waals surface area contributed by atoms with Crippen molar-refractivity contribution in [2.24, 2.45) is 0 Å². The SMILES string of the molecule is Cc1cc(C)cc(-c2nc3cccc([Si](C)(C)C)c3cc2-c2ccccc2)c1. The van der Waals surface area contributed by atoms with Gasteiger partial charge in [0.05, 0.1) is 19.3 Å². The lowest BCUT2D eigenvalue weighted by atomic mass is 9.95. The maximum Gasteiger partial charge on any atom is 0.0788 e. The minimum Gasteiger partial charge on any atom is -0.247 e. The molecule has 0 saturated carbocycles. The summed E-state index contributed by atoms with van der Waals surface area (Å²) in [5.74, 6) is 0. The van der Waals surface area contributed by atoms with E-state index in [0.29, 0.717) is 0 Å². The predicted molar refractivity (Wildman–Crippen MR) is 125 cm³/mol. The fourth-order valence-electron chi connectivity index (χ4n) is 4.02. The van der Waals surface area contributed by atoms with E-state index >= 15 is 0 Å². The van der Waals surface area contributed by atoms with Crippen LogP contribution in [0.5, 0.6) is 0 Å². The van der Waals surface area contributed by atoms with Crippen LogP contribution in [0.2, 0.25) is 19.6 Å². The summed E-state index contributed by atoms with van der Waals surface area (Å²) in [6.07, 6.45) is 0. The van der Waals surface area contributed by atoms with Gasteiger partial charge >= 0.3 is 0 Å². The smallest absolute Gasteiger partial charge is 0.0788 e. The molecule has 0 saturated heterocycles. The first-order valence-corrected chi connectivity index (χ1v) is 13.4. The number of nitrogens with zero attached hydrogens (tertiary/aromatic N) is 1. The van der Waals surface area contributed by atoms with Gasteiger partial charge in [-0.1, -0.05) is 84.5 Å². The van der Waals surface area contributed by atoms with E-state index in [9.17, 15) is 0 Å². The van der Waals surface area contributed by atoms with Crippen molar-refractivity contribution in [3.8, 4) is 22.4 Å². The molecule has 3 aromatic carbocycles. The molecule has 28 heavy (non-hydrogen) atoms. The van der Waals surface area contributed by atoms with E-state index in [1.807, 2.05) is 0 Å². The number of hydrogen-bond donors (Lipinski definition) is 0. The Labute approximate surface area is 169 Å². The van der Waals surface area contributed by atoms with E-state index in [2.05, 4.69) is 106 Å². The number of rotatable bonds is 3. The van der Waals surface area contributed by atoms with E-state index in [4.69, 9.17) is 4.98 Å². The molecule has 0 bridgehead atoms. The molecule has 0 aliphatic rings. The van der Waals surface area contributed by atoms with Crippen molar-refractivity contribution in [1.29, 1.82) is 0 Å². The lowest BCUT2D eigenvalue weighted by Crippen LogP contribution is -2.38. The normalized spacial score (nSPS) is 11.8. The van der Waals surface area contributed by atoms with E-state index < -0.39 is 8.07 Å². The Morgan fingerprint density at radius 1 is 0.679 bits per heavy atom. The second-order valence-electron chi connectivity index (χ2n) is 8.75. The van der Waals surface area contributed by atoms with Gasteiger partial charge in [0.25, 0.3) is 0 Å². The summed E-state index contributed by atoms with van der Waals surface area (Å²) < 4.78 is 0. The highest BCUT2D eigenvalue weighted by atomic mass is 28.3. The van der Waals surface area contributed by atoms with Gasteiger partial charge in [-0.3, -0.25) is 0 Å². The Hall–Kier alpha value is -2.71. The average molecular weight is 382 g/mol. The lowest BCUT2D eigenvalue weighted by molar-refractivity contribution is 1.34.